The van der Waals surface area contributed by atoms with Gasteiger partial charge in [-0.15, -0.1) is 0 Å². The zero-order valence-corrected chi connectivity index (χ0v) is 12.4. The molecule has 0 aliphatic heterocycles. The lowest BCUT2D eigenvalue weighted by Crippen LogP contribution is -2.23. The first-order valence-electron chi connectivity index (χ1n) is 6.56. The molecule has 1 unspecified atom stereocenters. The molecule has 0 aliphatic carbocycles. The lowest BCUT2D eigenvalue weighted by Gasteiger charge is -2.18. The summed E-state index contributed by atoms with van der Waals surface area (Å²) in [5.74, 6) is 0. The van der Waals surface area contributed by atoms with E-state index in [1.54, 1.807) is 0 Å². The fourth-order valence-corrected chi connectivity index (χ4v) is 2.63. The van der Waals surface area contributed by atoms with Crippen molar-refractivity contribution in [2.45, 2.75) is 26.3 Å². The molecule has 0 amide bonds. The van der Waals surface area contributed by atoms with Crippen molar-refractivity contribution in [2.24, 2.45) is 7.05 Å². The van der Waals surface area contributed by atoms with Gasteiger partial charge in [0.15, 0.2) is 0 Å². The first kappa shape index (κ1) is 14.1. The van der Waals surface area contributed by atoms with Gasteiger partial charge in [0.1, 0.15) is 0 Å². The third-order valence-corrected chi connectivity index (χ3v) is 3.33. The lowest BCUT2D eigenvalue weighted by molar-refractivity contribution is 0.549. The molecule has 0 fully saturated rings. The van der Waals surface area contributed by atoms with Gasteiger partial charge in [0, 0.05) is 24.3 Å². The number of aryl methyl sites for hydroxylation is 2. The summed E-state index contributed by atoms with van der Waals surface area (Å²) in [5.41, 5.74) is 3.65. The first-order valence-corrected chi connectivity index (χ1v) is 6.94. The second-order valence-electron chi connectivity index (χ2n) is 4.90. The van der Waals surface area contributed by atoms with Crippen LogP contribution in [0.25, 0.3) is 0 Å². The number of aromatic nitrogens is 2. The Kier molecular flexibility index (Phi) is 4.61. The second kappa shape index (κ2) is 6.22. The molecule has 1 atom stereocenters. The van der Waals surface area contributed by atoms with Crippen LogP contribution in [0.2, 0.25) is 5.02 Å². The van der Waals surface area contributed by atoms with E-state index >= 15 is 0 Å². The van der Waals surface area contributed by atoms with Gasteiger partial charge < -0.3 is 5.32 Å². The molecule has 0 radical (unpaired) electrons. The Bertz CT molecular complexity index is 528. The monoisotopic (exact) mass is 277 g/mol. The Balaban J connectivity index is 2.23. The number of nitrogens with zero attached hydrogens (tertiary/aromatic N) is 2. The first-order chi connectivity index (χ1) is 9.08. The van der Waals surface area contributed by atoms with Crippen LogP contribution in [0.15, 0.2) is 30.6 Å². The SMILES string of the molecule is CCNC(Cc1cnn(C)c1)c1cc(C)cc(Cl)c1. The summed E-state index contributed by atoms with van der Waals surface area (Å²) >= 11 is 6.16. The maximum atomic E-state index is 6.16. The molecule has 1 aromatic heterocycles. The number of halogens is 1. The van der Waals surface area contributed by atoms with Gasteiger partial charge in [0.25, 0.3) is 0 Å². The molecule has 1 N–H and O–H groups in total. The highest BCUT2D eigenvalue weighted by molar-refractivity contribution is 6.30. The molecule has 3 nitrogen and oxygen atoms in total. The molecule has 1 aromatic carbocycles. The molecular formula is C15H20ClN3. The van der Waals surface area contributed by atoms with Crippen molar-refractivity contribution < 1.29 is 0 Å². The molecule has 1 heterocycles. The van der Waals surface area contributed by atoms with E-state index in [1.807, 2.05) is 30.1 Å². The van der Waals surface area contributed by atoms with Gasteiger partial charge in [-0.2, -0.15) is 5.10 Å². The molecule has 0 aliphatic rings. The molecule has 102 valence electrons. The van der Waals surface area contributed by atoms with Crippen LogP contribution in [0.1, 0.15) is 29.7 Å². The van der Waals surface area contributed by atoms with Crippen LogP contribution in [0.3, 0.4) is 0 Å². The average molecular weight is 278 g/mol. The van der Waals surface area contributed by atoms with Crippen molar-refractivity contribution >= 4 is 11.6 Å². The molecule has 19 heavy (non-hydrogen) atoms. The van der Waals surface area contributed by atoms with E-state index in [4.69, 9.17) is 11.6 Å². The third kappa shape index (κ3) is 3.82. The molecule has 0 saturated carbocycles. The zero-order chi connectivity index (χ0) is 13.8. The van der Waals surface area contributed by atoms with E-state index in [9.17, 15) is 0 Å². The van der Waals surface area contributed by atoms with E-state index < -0.39 is 0 Å². The normalized spacial score (nSPS) is 12.6. The van der Waals surface area contributed by atoms with Gasteiger partial charge in [-0.1, -0.05) is 24.6 Å². The van der Waals surface area contributed by atoms with Crippen molar-refractivity contribution in [1.29, 1.82) is 0 Å². The van der Waals surface area contributed by atoms with Gasteiger partial charge in [-0.05, 0) is 48.7 Å². The number of benzene rings is 1. The Morgan fingerprint density at radius 3 is 2.74 bits per heavy atom. The molecular weight excluding hydrogens is 258 g/mol. The Hall–Kier alpha value is -1.32. The largest absolute Gasteiger partial charge is 0.310 e. The summed E-state index contributed by atoms with van der Waals surface area (Å²) in [7, 11) is 1.94. The van der Waals surface area contributed by atoms with E-state index in [0.29, 0.717) is 0 Å². The molecule has 2 aromatic rings. The van der Waals surface area contributed by atoms with Gasteiger partial charge in [0.05, 0.1) is 6.20 Å². The van der Waals surface area contributed by atoms with Crippen LogP contribution in [-0.2, 0) is 13.5 Å². The van der Waals surface area contributed by atoms with Gasteiger partial charge in [-0.3, -0.25) is 4.68 Å². The van der Waals surface area contributed by atoms with Crippen molar-refractivity contribution in [3.05, 3.63) is 52.3 Å². The minimum atomic E-state index is 0.270. The maximum Gasteiger partial charge on any atom is 0.0522 e. The number of rotatable bonds is 5. The van der Waals surface area contributed by atoms with E-state index in [0.717, 1.165) is 18.0 Å². The molecule has 4 heteroatoms. The Morgan fingerprint density at radius 2 is 2.16 bits per heavy atom. The summed E-state index contributed by atoms with van der Waals surface area (Å²) < 4.78 is 1.83. The van der Waals surface area contributed by atoms with Crippen LogP contribution >= 0.6 is 11.6 Å². The fraction of sp³-hybridized carbons (Fsp3) is 0.400. The highest BCUT2D eigenvalue weighted by Gasteiger charge is 2.13. The average Bonchev–Trinajstić information content (AvgIpc) is 2.73. The Morgan fingerprint density at radius 1 is 1.37 bits per heavy atom. The van der Waals surface area contributed by atoms with Crippen LogP contribution in [0.5, 0.6) is 0 Å². The standard InChI is InChI=1S/C15H20ClN3/c1-4-17-15(7-12-9-18-19(3)10-12)13-5-11(2)6-14(16)8-13/h5-6,8-10,15,17H,4,7H2,1-3H3. The minimum absolute atomic E-state index is 0.270. The smallest absolute Gasteiger partial charge is 0.0522 e. The van der Waals surface area contributed by atoms with E-state index in [-0.39, 0.29) is 6.04 Å². The topological polar surface area (TPSA) is 29.9 Å². The predicted molar refractivity (Wildman–Crippen MR) is 79.5 cm³/mol. The summed E-state index contributed by atoms with van der Waals surface area (Å²) in [5, 5.41) is 8.53. The van der Waals surface area contributed by atoms with Gasteiger partial charge in [0.2, 0.25) is 0 Å². The van der Waals surface area contributed by atoms with Gasteiger partial charge in [-0.25, -0.2) is 0 Å². The number of hydrogen-bond acceptors (Lipinski definition) is 2. The van der Waals surface area contributed by atoms with Crippen molar-refractivity contribution in [3.63, 3.8) is 0 Å². The number of nitrogens with one attached hydrogen (secondary N) is 1. The summed E-state index contributed by atoms with van der Waals surface area (Å²) in [6, 6.07) is 6.48. The summed E-state index contributed by atoms with van der Waals surface area (Å²) in [6.45, 7) is 5.12. The van der Waals surface area contributed by atoms with E-state index in [2.05, 4.69) is 36.5 Å². The molecule has 2 rings (SSSR count). The summed E-state index contributed by atoms with van der Waals surface area (Å²) in [6.07, 6.45) is 4.89. The van der Waals surface area contributed by atoms with Crippen LogP contribution < -0.4 is 5.32 Å². The number of hydrogen-bond donors (Lipinski definition) is 1. The molecule has 0 bridgehead atoms. The second-order valence-corrected chi connectivity index (χ2v) is 5.33. The number of likely N-dealkylation sites (N-methyl/N-ethyl adjacent to an activating group) is 1. The van der Waals surface area contributed by atoms with Crippen LogP contribution in [0, 0.1) is 6.92 Å². The quantitative estimate of drug-likeness (QED) is 0.909. The van der Waals surface area contributed by atoms with Crippen LogP contribution in [-0.4, -0.2) is 16.3 Å². The predicted octanol–water partition coefficient (Wildman–Crippen LogP) is 3.28. The van der Waals surface area contributed by atoms with Crippen molar-refractivity contribution in [3.8, 4) is 0 Å². The molecule has 0 spiro atoms. The summed E-state index contributed by atoms with van der Waals surface area (Å²) in [4.78, 5) is 0. The Labute approximate surface area is 119 Å². The fourth-order valence-electron chi connectivity index (χ4n) is 2.33. The zero-order valence-electron chi connectivity index (χ0n) is 11.7. The molecule has 0 saturated heterocycles. The van der Waals surface area contributed by atoms with Gasteiger partial charge >= 0.3 is 0 Å². The van der Waals surface area contributed by atoms with E-state index in [1.165, 1.54) is 16.7 Å². The lowest BCUT2D eigenvalue weighted by atomic mass is 9.99. The minimum Gasteiger partial charge on any atom is -0.310 e. The van der Waals surface area contributed by atoms with Crippen LogP contribution in [0.4, 0.5) is 0 Å². The van der Waals surface area contributed by atoms with Crippen molar-refractivity contribution in [2.75, 3.05) is 6.54 Å². The highest BCUT2D eigenvalue weighted by atomic mass is 35.5. The highest BCUT2D eigenvalue weighted by Crippen LogP contribution is 2.23. The van der Waals surface area contributed by atoms with Crippen molar-refractivity contribution in [1.82, 2.24) is 15.1 Å². The third-order valence-electron chi connectivity index (χ3n) is 3.12. The maximum absolute atomic E-state index is 6.16.